The van der Waals surface area contributed by atoms with Crippen molar-refractivity contribution in [3.8, 4) is 5.69 Å². The molecule has 29 heavy (non-hydrogen) atoms. The Balaban J connectivity index is 1.60. The second-order valence-electron chi connectivity index (χ2n) is 6.78. The summed E-state index contributed by atoms with van der Waals surface area (Å²) in [6.45, 7) is 1.61. The fourth-order valence-corrected chi connectivity index (χ4v) is 4.97. The van der Waals surface area contributed by atoms with Crippen LogP contribution < -0.4 is 5.32 Å². The van der Waals surface area contributed by atoms with Gasteiger partial charge in [-0.1, -0.05) is 53.4 Å². The number of hydrogen-bond donors (Lipinski definition) is 1. The largest absolute Gasteiger partial charge is 0.352 e. The number of benzene rings is 2. The standard InChI is InChI=1S/C21H24N4OS3/c1-24(2)14-6-13-22-19(26)17-9-11-18(12-10-17)25-21(27)29-20(23-25)28-15-16-7-4-3-5-8-16/h3-5,7-12H,6,13-15H2,1-2H3,(H,22,26). The average Bonchev–Trinajstić information content (AvgIpc) is 3.11. The molecule has 0 fully saturated rings. The highest BCUT2D eigenvalue weighted by molar-refractivity contribution is 8.00. The summed E-state index contributed by atoms with van der Waals surface area (Å²) in [6, 6.07) is 17.7. The van der Waals surface area contributed by atoms with Crippen LogP contribution >= 0.6 is 35.3 Å². The molecule has 0 radical (unpaired) electrons. The molecule has 0 saturated carbocycles. The van der Waals surface area contributed by atoms with Crippen molar-refractivity contribution < 1.29 is 4.79 Å². The van der Waals surface area contributed by atoms with E-state index in [4.69, 9.17) is 12.2 Å². The first-order valence-corrected chi connectivity index (χ1v) is 11.5. The Morgan fingerprint density at radius 2 is 1.90 bits per heavy atom. The van der Waals surface area contributed by atoms with Gasteiger partial charge in [-0.15, -0.1) is 5.10 Å². The third-order valence-electron chi connectivity index (χ3n) is 4.18. The van der Waals surface area contributed by atoms with E-state index in [9.17, 15) is 4.79 Å². The first-order valence-electron chi connectivity index (χ1n) is 9.33. The van der Waals surface area contributed by atoms with E-state index in [0.717, 1.165) is 28.7 Å². The minimum atomic E-state index is -0.0590. The Kier molecular flexibility index (Phi) is 8.00. The van der Waals surface area contributed by atoms with Gasteiger partial charge < -0.3 is 10.2 Å². The van der Waals surface area contributed by atoms with Crippen molar-refractivity contribution in [1.82, 2.24) is 20.0 Å². The van der Waals surface area contributed by atoms with E-state index in [1.165, 1.54) is 16.9 Å². The molecule has 0 bridgehead atoms. The molecular weight excluding hydrogens is 420 g/mol. The van der Waals surface area contributed by atoms with Crippen LogP contribution in [0.2, 0.25) is 0 Å². The molecule has 1 N–H and O–H groups in total. The van der Waals surface area contributed by atoms with Crippen molar-refractivity contribution in [1.29, 1.82) is 0 Å². The van der Waals surface area contributed by atoms with Gasteiger partial charge in [-0.05, 0) is 69.1 Å². The lowest BCUT2D eigenvalue weighted by molar-refractivity contribution is 0.0952. The minimum absolute atomic E-state index is 0.0590. The predicted octanol–water partition coefficient (Wildman–Crippen LogP) is 4.64. The second-order valence-corrected chi connectivity index (χ2v) is 9.62. The van der Waals surface area contributed by atoms with Crippen molar-refractivity contribution in [3.05, 3.63) is 69.7 Å². The van der Waals surface area contributed by atoms with E-state index in [-0.39, 0.29) is 5.91 Å². The summed E-state index contributed by atoms with van der Waals surface area (Å²) >= 11 is 8.66. The molecule has 0 unspecified atom stereocenters. The zero-order chi connectivity index (χ0) is 20.6. The highest BCUT2D eigenvalue weighted by Crippen LogP contribution is 2.27. The number of carbonyl (C=O) groups is 1. The average molecular weight is 445 g/mol. The molecule has 8 heteroatoms. The third-order valence-corrected chi connectivity index (χ3v) is 6.61. The highest BCUT2D eigenvalue weighted by atomic mass is 32.2. The van der Waals surface area contributed by atoms with Gasteiger partial charge >= 0.3 is 0 Å². The minimum Gasteiger partial charge on any atom is -0.352 e. The van der Waals surface area contributed by atoms with Gasteiger partial charge in [0.05, 0.1) is 5.69 Å². The molecule has 0 saturated heterocycles. The number of hydrogen-bond acceptors (Lipinski definition) is 6. The van der Waals surface area contributed by atoms with Crippen LogP contribution in [0.5, 0.6) is 0 Å². The van der Waals surface area contributed by atoms with Gasteiger partial charge in [0, 0.05) is 17.9 Å². The van der Waals surface area contributed by atoms with Crippen molar-refractivity contribution in [2.24, 2.45) is 0 Å². The lowest BCUT2D eigenvalue weighted by Gasteiger charge is -2.10. The molecule has 1 heterocycles. The summed E-state index contributed by atoms with van der Waals surface area (Å²) in [6.07, 6.45) is 0.925. The van der Waals surface area contributed by atoms with Crippen molar-refractivity contribution in [2.45, 2.75) is 16.5 Å². The van der Waals surface area contributed by atoms with Crippen molar-refractivity contribution in [3.63, 3.8) is 0 Å². The van der Waals surface area contributed by atoms with Crippen LogP contribution in [0.4, 0.5) is 0 Å². The monoisotopic (exact) mass is 444 g/mol. The van der Waals surface area contributed by atoms with Gasteiger partial charge in [0.15, 0.2) is 8.29 Å². The maximum Gasteiger partial charge on any atom is 0.251 e. The summed E-state index contributed by atoms with van der Waals surface area (Å²) in [7, 11) is 4.05. The zero-order valence-corrected chi connectivity index (χ0v) is 18.9. The van der Waals surface area contributed by atoms with Gasteiger partial charge in [-0.2, -0.15) is 0 Å². The van der Waals surface area contributed by atoms with Crippen LogP contribution in [-0.2, 0) is 5.75 Å². The molecule has 5 nitrogen and oxygen atoms in total. The molecule has 0 aliphatic rings. The van der Waals surface area contributed by atoms with Gasteiger partial charge in [-0.3, -0.25) is 4.79 Å². The molecule has 3 aromatic rings. The first kappa shape index (κ1) is 21.7. The highest BCUT2D eigenvalue weighted by Gasteiger charge is 2.09. The van der Waals surface area contributed by atoms with E-state index in [1.807, 2.05) is 56.6 Å². The molecule has 3 rings (SSSR count). The Hall–Kier alpha value is -2.00. The lowest BCUT2D eigenvalue weighted by atomic mass is 10.2. The maximum absolute atomic E-state index is 12.3. The fourth-order valence-electron chi connectivity index (χ4n) is 2.65. The van der Waals surface area contributed by atoms with E-state index in [1.54, 1.807) is 16.4 Å². The Morgan fingerprint density at radius 3 is 2.59 bits per heavy atom. The predicted molar refractivity (Wildman–Crippen MR) is 124 cm³/mol. The van der Waals surface area contributed by atoms with Crippen molar-refractivity contribution in [2.75, 3.05) is 27.2 Å². The summed E-state index contributed by atoms with van der Waals surface area (Å²) in [4.78, 5) is 14.4. The molecule has 1 aromatic heterocycles. The molecule has 1 amide bonds. The van der Waals surface area contributed by atoms with E-state index < -0.39 is 0 Å². The Labute approximate surface area is 184 Å². The van der Waals surface area contributed by atoms with Crippen LogP contribution in [0.1, 0.15) is 22.3 Å². The zero-order valence-electron chi connectivity index (χ0n) is 16.5. The molecule has 0 atom stereocenters. The number of amides is 1. The quantitative estimate of drug-likeness (QED) is 0.296. The molecule has 0 spiro atoms. The number of aromatic nitrogens is 2. The van der Waals surface area contributed by atoms with Crippen molar-refractivity contribution >= 4 is 41.2 Å². The number of rotatable bonds is 9. The normalized spacial score (nSPS) is 11.0. The molecule has 152 valence electrons. The summed E-state index contributed by atoms with van der Waals surface area (Å²) in [5.74, 6) is 0.798. The van der Waals surface area contributed by atoms with Crippen LogP contribution in [0.25, 0.3) is 5.69 Å². The van der Waals surface area contributed by atoms with Crippen LogP contribution in [0.3, 0.4) is 0 Å². The number of carbonyl (C=O) groups excluding carboxylic acids is 1. The summed E-state index contributed by atoms with van der Waals surface area (Å²) in [5, 5.41) is 7.59. The van der Waals surface area contributed by atoms with Gasteiger partial charge in [0.25, 0.3) is 5.91 Å². The van der Waals surface area contributed by atoms with E-state index in [2.05, 4.69) is 27.4 Å². The fraction of sp³-hybridized carbons (Fsp3) is 0.286. The number of thioether (sulfide) groups is 1. The van der Waals surface area contributed by atoms with Crippen LogP contribution in [0.15, 0.2) is 58.9 Å². The maximum atomic E-state index is 12.3. The van der Waals surface area contributed by atoms with Gasteiger partial charge in [0.2, 0.25) is 0 Å². The Bertz CT molecular complexity index is 981. The third kappa shape index (κ3) is 6.50. The van der Waals surface area contributed by atoms with E-state index >= 15 is 0 Å². The van der Waals surface area contributed by atoms with Crippen LogP contribution in [-0.4, -0.2) is 47.8 Å². The second kappa shape index (κ2) is 10.7. The van der Waals surface area contributed by atoms with Gasteiger partial charge in [-0.25, -0.2) is 4.68 Å². The molecule has 0 aliphatic heterocycles. The van der Waals surface area contributed by atoms with Gasteiger partial charge in [0.1, 0.15) is 0 Å². The number of nitrogens with one attached hydrogen (secondary N) is 1. The SMILES string of the molecule is CN(C)CCCNC(=O)c1ccc(-n2nc(SCc3ccccc3)sc2=S)cc1. The molecule has 2 aromatic carbocycles. The smallest absolute Gasteiger partial charge is 0.251 e. The Morgan fingerprint density at radius 1 is 1.17 bits per heavy atom. The lowest BCUT2D eigenvalue weighted by Crippen LogP contribution is -2.27. The van der Waals surface area contributed by atoms with Crippen LogP contribution in [0, 0.1) is 3.95 Å². The van der Waals surface area contributed by atoms with E-state index in [0.29, 0.717) is 16.1 Å². The molecule has 0 aliphatic carbocycles. The molecular formula is C21H24N4OS3. The summed E-state index contributed by atoms with van der Waals surface area (Å²) < 4.78 is 3.38. The number of nitrogens with zero attached hydrogens (tertiary/aromatic N) is 3. The topological polar surface area (TPSA) is 50.2 Å². The summed E-state index contributed by atoms with van der Waals surface area (Å²) in [5.41, 5.74) is 2.76. The first-order chi connectivity index (χ1) is 14.0.